The molecule has 0 saturated heterocycles. The van der Waals surface area contributed by atoms with Gasteiger partial charge < -0.3 is 14.8 Å². The fourth-order valence-corrected chi connectivity index (χ4v) is 2.71. The predicted molar refractivity (Wildman–Crippen MR) is 68.6 cm³/mol. The summed E-state index contributed by atoms with van der Waals surface area (Å²) in [4.78, 5) is 26.3. The number of methoxy groups -OCH3 is 1. The molecule has 1 heterocycles. The molecule has 0 amide bonds. The molecule has 0 fully saturated rings. The zero-order chi connectivity index (χ0) is 13.6. The average Bonchev–Trinajstić information content (AvgIpc) is 2.77. The smallest absolute Gasteiger partial charge is 0.307 e. The summed E-state index contributed by atoms with van der Waals surface area (Å²) >= 11 is 0. The molecule has 5 heteroatoms. The summed E-state index contributed by atoms with van der Waals surface area (Å²) in [6, 6.07) is 5.49. The van der Waals surface area contributed by atoms with Gasteiger partial charge in [-0.05, 0) is 6.07 Å². The summed E-state index contributed by atoms with van der Waals surface area (Å²) in [5.41, 5.74) is 2.07. The molecule has 0 spiro atoms. The molecule has 0 radical (unpaired) electrons. The van der Waals surface area contributed by atoms with Crippen LogP contribution >= 0.6 is 0 Å². The van der Waals surface area contributed by atoms with E-state index in [1.54, 1.807) is 7.11 Å². The molecular formula is C14H13NO4. The molecule has 98 valence electrons. The molecule has 0 bridgehead atoms. The lowest BCUT2D eigenvalue weighted by atomic mass is 9.86. The Morgan fingerprint density at radius 3 is 2.89 bits per heavy atom. The van der Waals surface area contributed by atoms with E-state index in [1.165, 1.54) is 0 Å². The van der Waals surface area contributed by atoms with Crippen molar-refractivity contribution in [3.05, 3.63) is 29.5 Å². The Bertz CT molecular complexity index is 686. The van der Waals surface area contributed by atoms with Gasteiger partial charge in [0, 0.05) is 29.5 Å². The average molecular weight is 259 g/mol. The molecule has 3 rings (SSSR count). The van der Waals surface area contributed by atoms with Crippen LogP contribution in [0.4, 0.5) is 0 Å². The molecule has 1 aromatic carbocycles. The number of carbonyl (C=O) groups is 2. The number of aliphatic carboxylic acids is 1. The number of aromatic amines is 1. The first kappa shape index (κ1) is 11.8. The highest BCUT2D eigenvalue weighted by Crippen LogP contribution is 2.35. The summed E-state index contributed by atoms with van der Waals surface area (Å²) in [7, 11) is 1.57. The molecule has 5 nitrogen and oxygen atoms in total. The van der Waals surface area contributed by atoms with Crippen molar-refractivity contribution in [2.24, 2.45) is 5.92 Å². The number of aromatic nitrogens is 1. The van der Waals surface area contributed by atoms with Crippen molar-refractivity contribution in [2.75, 3.05) is 7.11 Å². The molecule has 1 aliphatic carbocycles. The molecule has 1 atom stereocenters. The van der Waals surface area contributed by atoms with Crippen LogP contribution in [-0.2, 0) is 11.2 Å². The number of carboxylic acids is 1. The van der Waals surface area contributed by atoms with Crippen LogP contribution in [-0.4, -0.2) is 29.0 Å². The topological polar surface area (TPSA) is 79.4 Å². The van der Waals surface area contributed by atoms with E-state index >= 15 is 0 Å². The molecule has 19 heavy (non-hydrogen) atoms. The van der Waals surface area contributed by atoms with E-state index in [1.807, 2.05) is 18.2 Å². The number of nitrogens with one attached hydrogen (secondary N) is 1. The van der Waals surface area contributed by atoms with Crippen LogP contribution in [0.15, 0.2) is 18.2 Å². The van der Waals surface area contributed by atoms with Gasteiger partial charge >= 0.3 is 5.97 Å². The van der Waals surface area contributed by atoms with Crippen LogP contribution < -0.4 is 4.74 Å². The second-order valence-corrected chi connectivity index (χ2v) is 4.73. The van der Waals surface area contributed by atoms with E-state index in [9.17, 15) is 9.59 Å². The van der Waals surface area contributed by atoms with Gasteiger partial charge in [-0.3, -0.25) is 9.59 Å². The monoisotopic (exact) mass is 259 g/mol. The van der Waals surface area contributed by atoms with Gasteiger partial charge in [-0.2, -0.15) is 0 Å². The van der Waals surface area contributed by atoms with E-state index in [4.69, 9.17) is 9.84 Å². The zero-order valence-electron chi connectivity index (χ0n) is 10.4. The normalized spacial score (nSPS) is 18.4. The number of hydrogen-bond acceptors (Lipinski definition) is 3. The third-order valence-electron chi connectivity index (χ3n) is 3.60. The molecule has 2 N–H and O–H groups in total. The second kappa shape index (κ2) is 4.12. The van der Waals surface area contributed by atoms with E-state index in [0.717, 1.165) is 10.9 Å². The van der Waals surface area contributed by atoms with Crippen LogP contribution in [0.3, 0.4) is 0 Å². The van der Waals surface area contributed by atoms with E-state index in [-0.39, 0.29) is 12.2 Å². The Morgan fingerprint density at radius 2 is 2.21 bits per heavy atom. The van der Waals surface area contributed by atoms with Gasteiger partial charge in [0.15, 0.2) is 5.78 Å². The van der Waals surface area contributed by atoms with Gasteiger partial charge in [-0.1, -0.05) is 12.1 Å². The maximum Gasteiger partial charge on any atom is 0.307 e. The molecule has 2 aromatic rings. The van der Waals surface area contributed by atoms with Gasteiger partial charge in [0.1, 0.15) is 5.75 Å². The van der Waals surface area contributed by atoms with Crippen LogP contribution in [0, 0.1) is 5.92 Å². The van der Waals surface area contributed by atoms with Gasteiger partial charge in [0.25, 0.3) is 0 Å². The lowest BCUT2D eigenvalue weighted by Gasteiger charge is -2.17. The summed E-state index contributed by atoms with van der Waals surface area (Å²) in [5.74, 6) is -1.02. The van der Waals surface area contributed by atoms with Crippen LogP contribution in [0.25, 0.3) is 10.9 Å². The van der Waals surface area contributed by atoms with Crippen molar-refractivity contribution in [3.8, 4) is 5.75 Å². The third kappa shape index (κ3) is 1.69. The Labute approximate surface area is 109 Å². The molecule has 1 aliphatic rings. The first-order chi connectivity index (χ1) is 9.11. The Hall–Kier alpha value is -2.30. The highest BCUT2D eigenvalue weighted by atomic mass is 16.5. The summed E-state index contributed by atoms with van der Waals surface area (Å²) in [6.45, 7) is 0. The highest BCUT2D eigenvalue weighted by Gasteiger charge is 2.32. The summed E-state index contributed by atoms with van der Waals surface area (Å²) in [6.07, 6.45) is 0.417. The quantitative estimate of drug-likeness (QED) is 0.864. The van der Waals surface area contributed by atoms with E-state index in [0.29, 0.717) is 23.4 Å². The molecular weight excluding hydrogens is 246 g/mol. The maximum atomic E-state index is 12.2. The van der Waals surface area contributed by atoms with Gasteiger partial charge in [-0.15, -0.1) is 0 Å². The molecule has 0 aliphatic heterocycles. The Balaban J connectivity index is 2.21. The number of H-pyrrole nitrogens is 1. The minimum Gasteiger partial charge on any atom is -0.495 e. The fraction of sp³-hybridized carbons (Fsp3) is 0.286. The van der Waals surface area contributed by atoms with Crippen molar-refractivity contribution in [1.82, 2.24) is 4.98 Å². The number of carboxylic acid groups (broad SMARTS) is 1. The first-order valence-corrected chi connectivity index (χ1v) is 6.05. The highest BCUT2D eigenvalue weighted by molar-refractivity contribution is 6.12. The van der Waals surface area contributed by atoms with Crippen molar-refractivity contribution < 1.29 is 19.4 Å². The number of benzene rings is 1. The Kier molecular flexibility index (Phi) is 2.55. The molecule has 1 aromatic heterocycles. The fourth-order valence-electron chi connectivity index (χ4n) is 2.71. The van der Waals surface area contributed by atoms with Gasteiger partial charge in [0.05, 0.1) is 18.5 Å². The first-order valence-electron chi connectivity index (χ1n) is 6.05. The lowest BCUT2D eigenvalue weighted by molar-refractivity contribution is -0.141. The van der Waals surface area contributed by atoms with Crippen LogP contribution in [0.1, 0.15) is 22.5 Å². The van der Waals surface area contributed by atoms with Gasteiger partial charge in [0.2, 0.25) is 0 Å². The number of fused-ring (bicyclic) bond motifs is 3. The summed E-state index contributed by atoms with van der Waals surface area (Å²) in [5, 5.41) is 9.87. The minimum atomic E-state index is -0.926. The van der Waals surface area contributed by atoms with Crippen molar-refractivity contribution in [1.29, 1.82) is 0 Å². The van der Waals surface area contributed by atoms with Crippen LogP contribution in [0.5, 0.6) is 5.75 Å². The standard InChI is InChI=1S/C14H13NO4/c1-19-11-4-2-3-8-12-9(15-13(8)11)5-7(14(17)18)6-10(12)16/h2-4,7,15H,5-6H2,1H3,(H,17,18). The minimum absolute atomic E-state index is 0.0620. The SMILES string of the molecule is COc1cccc2c3c([nH]c12)CC(C(=O)O)CC3=O. The zero-order valence-corrected chi connectivity index (χ0v) is 10.4. The Morgan fingerprint density at radius 1 is 1.42 bits per heavy atom. The van der Waals surface area contributed by atoms with Crippen LogP contribution in [0.2, 0.25) is 0 Å². The number of para-hydroxylation sites is 1. The number of Topliss-reactive ketones (excluding diaryl/α,β-unsaturated/α-hetero) is 1. The number of carbonyl (C=O) groups excluding carboxylic acids is 1. The summed E-state index contributed by atoms with van der Waals surface area (Å²) < 4.78 is 5.26. The number of hydrogen-bond donors (Lipinski definition) is 2. The van der Waals surface area contributed by atoms with E-state index < -0.39 is 11.9 Å². The third-order valence-corrected chi connectivity index (χ3v) is 3.60. The number of rotatable bonds is 2. The molecule has 0 saturated carbocycles. The van der Waals surface area contributed by atoms with E-state index in [2.05, 4.69) is 4.98 Å². The second-order valence-electron chi connectivity index (χ2n) is 4.73. The maximum absolute atomic E-state index is 12.2. The largest absolute Gasteiger partial charge is 0.495 e. The van der Waals surface area contributed by atoms with Crippen molar-refractivity contribution in [3.63, 3.8) is 0 Å². The van der Waals surface area contributed by atoms with Crippen molar-refractivity contribution >= 4 is 22.7 Å². The lowest BCUT2D eigenvalue weighted by Crippen LogP contribution is -2.25. The van der Waals surface area contributed by atoms with Gasteiger partial charge in [-0.25, -0.2) is 0 Å². The van der Waals surface area contributed by atoms with Crippen molar-refractivity contribution in [2.45, 2.75) is 12.8 Å². The number of ketones is 1. The molecule has 1 unspecified atom stereocenters. The number of ether oxygens (including phenoxy) is 1. The predicted octanol–water partition coefficient (Wildman–Crippen LogP) is 2.01.